The van der Waals surface area contributed by atoms with Gasteiger partial charge in [0.25, 0.3) is 5.91 Å². The Morgan fingerprint density at radius 2 is 1.95 bits per heavy atom. The average molecular weight is 352 g/mol. The second-order valence-corrected chi connectivity index (χ2v) is 5.14. The van der Waals surface area contributed by atoms with Gasteiger partial charge in [0.05, 0.1) is 0 Å². The van der Waals surface area contributed by atoms with Gasteiger partial charge in [0.2, 0.25) is 5.76 Å². The van der Waals surface area contributed by atoms with Gasteiger partial charge in [-0.05, 0) is 40.5 Å². The molecule has 0 unspecified atom stereocenters. The van der Waals surface area contributed by atoms with Gasteiger partial charge in [0.15, 0.2) is 10.8 Å². The number of halogens is 1. The summed E-state index contributed by atoms with van der Waals surface area (Å²) in [4.78, 5) is 23.6. The van der Waals surface area contributed by atoms with Crippen molar-refractivity contribution in [3.63, 3.8) is 0 Å². The van der Waals surface area contributed by atoms with Crippen LogP contribution in [0.4, 0.5) is 0 Å². The van der Waals surface area contributed by atoms with E-state index in [4.69, 9.17) is 9.15 Å². The van der Waals surface area contributed by atoms with E-state index >= 15 is 0 Å². The standard InChI is InChI=1S/C15H14BrNO4/c1-10(20-15(19)12-7-8-13(16)21-12)14(18)17-9-11-5-3-2-4-6-11/h2-8,10H,9H2,1H3,(H,17,18)/t10-/m1/s1. The van der Waals surface area contributed by atoms with Crippen LogP contribution in [0.25, 0.3) is 0 Å². The number of hydrogen-bond donors (Lipinski definition) is 1. The zero-order chi connectivity index (χ0) is 15.2. The summed E-state index contributed by atoms with van der Waals surface area (Å²) in [6, 6.07) is 12.5. The Morgan fingerprint density at radius 3 is 2.57 bits per heavy atom. The molecular weight excluding hydrogens is 338 g/mol. The molecule has 110 valence electrons. The molecule has 0 saturated carbocycles. The minimum Gasteiger partial charge on any atom is -0.447 e. The lowest BCUT2D eigenvalue weighted by atomic mass is 10.2. The molecule has 1 heterocycles. The first kappa shape index (κ1) is 15.3. The molecule has 1 aromatic carbocycles. The number of amides is 1. The molecule has 6 heteroatoms. The second kappa shape index (κ2) is 7.08. The Labute approximate surface area is 130 Å². The largest absolute Gasteiger partial charge is 0.447 e. The molecule has 0 aliphatic heterocycles. The van der Waals surface area contributed by atoms with Crippen molar-refractivity contribution in [3.05, 3.63) is 58.5 Å². The Bertz CT molecular complexity index is 624. The highest BCUT2D eigenvalue weighted by Gasteiger charge is 2.20. The molecule has 0 aliphatic rings. The molecule has 1 atom stereocenters. The number of nitrogens with one attached hydrogen (secondary N) is 1. The molecule has 2 aromatic rings. The molecule has 0 radical (unpaired) electrons. The molecule has 5 nitrogen and oxygen atoms in total. The lowest BCUT2D eigenvalue weighted by Crippen LogP contribution is -2.35. The summed E-state index contributed by atoms with van der Waals surface area (Å²) in [5.74, 6) is -0.995. The summed E-state index contributed by atoms with van der Waals surface area (Å²) in [5.41, 5.74) is 0.972. The molecule has 1 aromatic heterocycles. The molecule has 2 rings (SSSR count). The molecule has 0 bridgehead atoms. The van der Waals surface area contributed by atoms with E-state index in [2.05, 4.69) is 21.2 Å². The fraction of sp³-hybridized carbons (Fsp3) is 0.200. The minimum atomic E-state index is -0.898. The fourth-order valence-electron chi connectivity index (χ4n) is 1.62. The molecular formula is C15H14BrNO4. The Morgan fingerprint density at radius 1 is 1.24 bits per heavy atom. The molecule has 0 fully saturated rings. The summed E-state index contributed by atoms with van der Waals surface area (Å²) >= 11 is 3.09. The van der Waals surface area contributed by atoms with Crippen LogP contribution >= 0.6 is 15.9 Å². The number of carbonyl (C=O) groups is 2. The number of benzene rings is 1. The van der Waals surface area contributed by atoms with Crippen LogP contribution < -0.4 is 5.32 Å². The first-order chi connectivity index (χ1) is 10.1. The van der Waals surface area contributed by atoms with Gasteiger partial charge in [-0.1, -0.05) is 30.3 Å². The van der Waals surface area contributed by atoms with E-state index < -0.39 is 12.1 Å². The van der Waals surface area contributed by atoms with Crippen molar-refractivity contribution in [2.45, 2.75) is 19.6 Å². The van der Waals surface area contributed by atoms with Gasteiger partial charge in [-0.2, -0.15) is 0 Å². The van der Waals surface area contributed by atoms with Crippen molar-refractivity contribution >= 4 is 27.8 Å². The van der Waals surface area contributed by atoms with E-state index in [9.17, 15) is 9.59 Å². The molecule has 1 N–H and O–H groups in total. The van der Waals surface area contributed by atoms with Crippen LogP contribution in [0, 0.1) is 0 Å². The summed E-state index contributed by atoms with van der Waals surface area (Å²) in [5, 5.41) is 2.70. The van der Waals surface area contributed by atoms with Crippen LogP contribution in [0.1, 0.15) is 23.0 Å². The Kier molecular flexibility index (Phi) is 5.16. The van der Waals surface area contributed by atoms with Gasteiger partial charge in [0, 0.05) is 6.54 Å². The van der Waals surface area contributed by atoms with Gasteiger partial charge in [-0.15, -0.1) is 0 Å². The molecule has 1 amide bonds. The Hall–Kier alpha value is -2.08. The summed E-state index contributed by atoms with van der Waals surface area (Å²) < 4.78 is 10.5. The molecule has 21 heavy (non-hydrogen) atoms. The van der Waals surface area contributed by atoms with E-state index in [1.807, 2.05) is 30.3 Å². The van der Waals surface area contributed by atoms with Crippen molar-refractivity contribution < 1.29 is 18.7 Å². The fourth-order valence-corrected chi connectivity index (χ4v) is 1.93. The normalized spacial score (nSPS) is 11.7. The first-order valence-corrected chi connectivity index (χ1v) is 7.13. The summed E-state index contributed by atoms with van der Waals surface area (Å²) in [7, 11) is 0. The topological polar surface area (TPSA) is 68.5 Å². The highest BCUT2D eigenvalue weighted by atomic mass is 79.9. The van der Waals surface area contributed by atoms with E-state index in [-0.39, 0.29) is 11.7 Å². The predicted molar refractivity (Wildman–Crippen MR) is 79.6 cm³/mol. The second-order valence-electron chi connectivity index (χ2n) is 4.35. The number of hydrogen-bond acceptors (Lipinski definition) is 4. The van der Waals surface area contributed by atoms with Crippen LogP contribution in [0.15, 0.2) is 51.6 Å². The van der Waals surface area contributed by atoms with Crippen molar-refractivity contribution in [2.24, 2.45) is 0 Å². The van der Waals surface area contributed by atoms with E-state index in [0.717, 1.165) is 5.56 Å². The summed E-state index contributed by atoms with van der Waals surface area (Å²) in [6.45, 7) is 1.89. The third-order valence-electron chi connectivity index (χ3n) is 2.74. The monoisotopic (exact) mass is 351 g/mol. The number of ether oxygens (including phenoxy) is 1. The van der Waals surface area contributed by atoms with Crippen LogP contribution in [-0.2, 0) is 16.1 Å². The highest BCUT2D eigenvalue weighted by Crippen LogP contribution is 2.15. The smallest absolute Gasteiger partial charge is 0.375 e. The van der Waals surface area contributed by atoms with Gasteiger partial charge in [0.1, 0.15) is 0 Å². The van der Waals surface area contributed by atoms with Crippen molar-refractivity contribution in [3.8, 4) is 0 Å². The molecule has 0 aliphatic carbocycles. The molecule has 0 spiro atoms. The maximum atomic E-state index is 11.9. The Balaban J connectivity index is 1.83. The average Bonchev–Trinajstić information content (AvgIpc) is 2.92. The highest BCUT2D eigenvalue weighted by molar-refractivity contribution is 9.10. The maximum absolute atomic E-state index is 11.9. The van der Waals surface area contributed by atoms with Gasteiger partial charge in [-0.3, -0.25) is 4.79 Å². The zero-order valence-electron chi connectivity index (χ0n) is 11.3. The van der Waals surface area contributed by atoms with Crippen molar-refractivity contribution in [1.29, 1.82) is 0 Å². The summed E-state index contributed by atoms with van der Waals surface area (Å²) in [6.07, 6.45) is -0.898. The third kappa shape index (κ3) is 4.46. The number of carbonyl (C=O) groups excluding carboxylic acids is 2. The van der Waals surface area contributed by atoms with Crippen LogP contribution in [0.2, 0.25) is 0 Å². The quantitative estimate of drug-likeness (QED) is 0.841. The minimum absolute atomic E-state index is 0.0459. The third-order valence-corrected chi connectivity index (χ3v) is 3.16. The van der Waals surface area contributed by atoms with E-state index in [1.165, 1.54) is 13.0 Å². The first-order valence-electron chi connectivity index (χ1n) is 6.34. The van der Waals surface area contributed by atoms with Crippen molar-refractivity contribution in [1.82, 2.24) is 5.32 Å². The number of furan rings is 1. The van der Waals surface area contributed by atoms with E-state index in [0.29, 0.717) is 11.2 Å². The van der Waals surface area contributed by atoms with Crippen LogP contribution in [0.5, 0.6) is 0 Å². The lowest BCUT2D eigenvalue weighted by Gasteiger charge is -2.12. The molecule has 0 saturated heterocycles. The van der Waals surface area contributed by atoms with Gasteiger partial charge >= 0.3 is 5.97 Å². The lowest BCUT2D eigenvalue weighted by molar-refractivity contribution is -0.129. The van der Waals surface area contributed by atoms with Crippen LogP contribution in [0.3, 0.4) is 0 Å². The number of esters is 1. The van der Waals surface area contributed by atoms with E-state index in [1.54, 1.807) is 6.07 Å². The SMILES string of the molecule is C[C@@H](OC(=O)c1ccc(Br)o1)C(=O)NCc1ccccc1. The van der Waals surface area contributed by atoms with Gasteiger partial charge < -0.3 is 14.5 Å². The van der Waals surface area contributed by atoms with Crippen LogP contribution in [-0.4, -0.2) is 18.0 Å². The number of rotatable bonds is 5. The van der Waals surface area contributed by atoms with Crippen molar-refractivity contribution in [2.75, 3.05) is 0 Å². The maximum Gasteiger partial charge on any atom is 0.375 e. The van der Waals surface area contributed by atoms with Gasteiger partial charge in [-0.25, -0.2) is 4.79 Å². The zero-order valence-corrected chi connectivity index (χ0v) is 12.9. The predicted octanol–water partition coefficient (Wildman–Crippen LogP) is 2.90.